The molecule has 0 atom stereocenters. The lowest BCUT2D eigenvalue weighted by molar-refractivity contribution is 0.0592. The van der Waals surface area contributed by atoms with E-state index in [4.69, 9.17) is 30.0 Å². The topological polar surface area (TPSA) is 179 Å². The highest BCUT2D eigenvalue weighted by Gasteiger charge is 2.19. The molecule has 0 fully saturated rings. The number of nitrogen functional groups attached to an aromatic ring is 1. The van der Waals surface area contributed by atoms with Crippen LogP contribution in [-0.2, 0) is 9.47 Å². The van der Waals surface area contributed by atoms with Crippen LogP contribution < -0.4 is 20.7 Å². The number of nitrogens with two attached hydrogens (primary N) is 1. The molecule has 5 N–H and O–H groups in total. The van der Waals surface area contributed by atoms with Gasteiger partial charge in [0.05, 0.1) is 65.2 Å². The third-order valence-electron chi connectivity index (χ3n) is 8.18. The maximum atomic E-state index is 11.7. The molecule has 280 valence electrons. The quantitative estimate of drug-likeness (QED) is 0.0721. The fraction of sp³-hybridized carbons (Fsp3) is 0.100. The minimum absolute atomic E-state index is 0.240. The number of aromatic nitrogens is 3. The van der Waals surface area contributed by atoms with E-state index in [1.54, 1.807) is 43.5 Å². The molecule has 0 radical (unpaired) electrons. The number of methoxy groups -OCH3 is 4. The number of H-pyrrole nitrogens is 1. The van der Waals surface area contributed by atoms with Crippen LogP contribution in [0.1, 0.15) is 26.3 Å². The summed E-state index contributed by atoms with van der Waals surface area (Å²) in [6.45, 7) is 0. The summed E-state index contributed by atoms with van der Waals surface area (Å²) in [5.74, 6) is 0.0621. The van der Waals surface area contributed by atoms with Crippen LogP contribution in [0.2, 0.25) is 0 Å². The second kappa shape index (κ2) is 18.5. The number of pyridine rings is 2. The van der Waals surface area contributed by atoms with Crippen molar-refractivity contribution >= 4 is 101 Å². The van der Waals surface area contributed by atoms with Crippen molar-refractivity contribution in [2.75, 3.05) is 34.2 Å². The van der Waals surface area contributed by atoms with E-state index in [1.165, 1.54) is 21.3 Å². The van der Waals surface area contributed by atoms with Crippen molar-refractivity contribution in [2.45, 2.75) is 0 Å². The minimum Gasteiger partial charge on any atom is -0.481 e. The number of hydrogen-bond donors (Lipinski definition) is 4. The molecule has 12 nitrogen and oxygen atoms in total. The predicted octanol–water partition coefficient (Wildman–Crippen LogP) is 7.25. The van der Waals surface area contributed by atoms with Gasteiger partial charge in [-0.15, -0.1) is 0 Å². The Morgan fingerprint density at radius 3 is 1.85 bits per heavy atom. The van der Waals surface area contributed by atoms with Crippen molar-refractivity contribution in [1.29, 1.82) is 0 Å². The van der Waals surface area contributed by atoms with E-state index in [0.717, 1.165) is 52.9 Å². The summed E-state index contributed by atoms with van der Waals surface area (Å²) in [4.78, 5) is 35.1. The van der Waals surface area contributed by atoms with E-state index in [-0.39, 0.29) is 23.3 Å². The molecule has 7 aromatic rings. The number of fused-ring (bicyclic) bond motifs is 3. The lowest BCUT2D eigenvalue weighted by Crippen LogP contribution is -2.31. The zero-order valence-corrected chi connectivity index (χ0v) is 33.2. The smallest absolute Gasteiger partial charge is 0.481 e. The van der Waals surface area contributed by atoms with E-state index in [9.17, 15) is 9.59 Å². The van der Waals surface area contributed by atoms with Crippen molar-refractivity contribution in [3.8, 4) is 23.0 Å². The molecule has 4 aromatic carbocycles. The van der Waals surface area contributed by atoms with Crippen LogP contribution in [0.3, 0.4) is 0 Å². The van der Waals surface area contributed by atoms with E-state index in [1.807, 2.05) is 72.8 Å². The first kappa shape index (κ1) is 40.5. The molecular formula is C40H35BBr2N4O8. The van der Waals surface area contributed by atoms with Gasteiger partial charge in [0.15, 0.2) is 0 Å². The number of nitrogens with zero attached hydrogens (tertiary/aromatic N) is 2. The number of rotatable bonds is 7. The van der Waals surface area contributed by atoms with Crippen LogP contribution >= 0.6 is 31.9 Å². The molecule has 3 aromatic heterocycles. The molecule has 15 heteroatoms. The maximum absolute atomic E-state index is 11.7. The minimum atomic E-state index is -1.57. The molecule has 0 aliphatic carbocycles. The van der Waals surface area contributed by atoms with Gasteiger partial charge in [0.2, 0.25) is 11.8 Å². The third kappa shape index (κ3) is 9.88. The van der Waals surface area contributed by atoms with Gasteiger partial charge in [-0.2, -0.15) is 0 Å². The number of halogens is 2. The summed E-state index contributed by atoms with van der Waals surface area (Å²) in [5.41, 5.74) is 12.7. The number of benzene rings is 4. The summed E-state index contributed by atoms with van der Waals surface area (Å²) in [5, 5.41) is 21.1. The summed E-state index contributed by atoms with van der Waals surface area (Å²) >= 11 is 6.46. The predicted molar refractivity (Wildman–Crippen MR) is 223 cm³/mol. The highest BCUT2D eigenvalue weighted by atomic mass is 79.9. The first-order valence-corrected chi connectivity index (χ1v) is 18.0. The van der Waals surface area contributed by atoms with Gasteiger partial charge >= 0.3 is 19.1 Å². The number of aromatic amines is 1. The highest BCUT2D eigenvalue weighted by Crippen LogP contribution is 2.33. The number of esters is 2. The Balaban J connectivity index is 0.000000168. The summed E-state index contributed by atoms with van der Waals surface area (Å²) < 4.78 is 20.6. The summed E-state index contributed by atoms with van der Waals surface area (Å²) in [7, 11) is 4.20. The lowest BCUT2D eigenvalue weighted by Gasteiger charge is -2.08. The normalized spacial score (nSPS) is 10.4. The Morgan fingerprint density at radius 2 is 1.27 bits per heavy atom. The molecular weight excluding hydrogens is 835 g/mol. The first-order valence-electron chi connectivity index (χ1n) is 16.4. The molecule has 0 spiro atoms. The molecule has 0 aliphatic heterocycles. The highest BCUT2D eigenvalue weighted by molar-refractivity contribution is 9.28. The van der Waals surface area contributed by atoms with Crippen molar-refractivity contribution in [3.63, 3.8) is 0 Å². The second-order valence-corrected chi connectivity index (χ2v) is 14.4. The van der Waals surface area contributed by atoms with Crippen molar-refractivity contribution < 1.29 is 38.6 Å². The molecule has 0 unspecified atom stereocenters. The van der Waals surface area contributed by atoms with E-state index in [2.05, 4.69) is 51.5 Å². The van der Waals surface area contributed by atoms with Crippen LogP contribution in [0.5, 0.6) is 11.8 Å². The number of hydrogen-bond acceptors (Lipinski definition) is 11. The first-order chi connectivity index (χ1) is 26.5. The number of ether oxygens (including phenoxy) is 4. The van der Waals surface area contributed by atoms with Gasteiger partial charge in [0.25, 0.3) is 0 Å². The summed E-state index contributed by atoms with van der Waals surface area (Å²) in [6, 6.07) is 31.4. The molecule has 7 rings (SSSR count). The Bertz CT molecular complexity index is 2520. The Hall–Kier alpha value is -5.74. The van der Waals surface area contributed by atoms with Gasteiger partial charge in [0.1, 0.15) is 0 Å². The molecule has 0 amide bonds. The number of para-hydroxylation sites is 2. The fourth-order valence-electron chi connectivity index (χ4n) is 5.49. The van der Waals surface area contributed by atoms with Crippen LogP contribution in [0.15, 0.2) is 107 Å². The largest absolute Gasteiger partial charge is 0.494 e. The third-order valence-corrected chi connectivity index (χ3v) is 8.63. The molecule has 0 saturated heterocycles. The number of anilines is 1. The maximum Gasteiger partial charge on any atom is 0.494 e. The van der Waals surface area contributed by atoms with E-state index in [0.29, 0.717) is 22.7 Å². The second-order valence-electron chi connectivity index (χ2n) is 11.6. The molecule has 3 heterocycles. The molecule has 0 aliphatic rings. The number of nitrogens with one attached hydrogen (secondary N) is 1. The summed E-state index contributed by atoms with van der Waals surface area (Å²) in [6.07, 6.45) is 1.77. The standard InChI is InChI=1S/C20H16N2O3.C10H10BNO3.C10H9Br2NO2/c1-24-19-15(10-12-5-3-4-6-16(12)22-19)18-11-14-9-13(20(23)25-2)7-8-17(14)21-18;1-15-10-8(11(13)14)6-7-4-2-3-5-9(7)12-10;1-15-10(14)6-2-3-8(13)7(4-6)5-9(11)12/h3-11,21H,1-2H3;2-6,13-14H,1H3;2-5H,13H2,1H3. The van der Waals surface area contributed by atoms with Gasteiger partial charge in [-0.3, -0.25) is 0 Å². The van der Waals surface area contributed by atoms with Gasteiger partial charge in [-0.05, 0) is 110 Å². The Kier molecular flexibility index (Phi) is 13.6. The van der Waals surface area contributed by atoms with Crippen LogP contribution in [0.25, 0.3) is 50.0 Å². The SMILES string of the molecule is COC(=O)c1ccc(N)c(C=C(Br)Br)c1.COC(=O)c1ccc2[nH]c(-c3cc4ccccc4nc3OC)cc2c1.COc1nc2ccccc2cc1B(O)O. The van der Waals surface area contributed by atoms with Gasteiger partial charge in [-0.25, -0.2) is 19.6 Å². The Morgan fingerprint density at radius 1 is 0.709 bits per heavy atom. The number of carbonyl (C=O) groups excluding carboxylic acids is 2. The molecule has 55 heavy (non-hydrogen) atoms. The Labute approximate surface area is 333 Å². The fourth-order valence-corrected chi connectivity index (χ4v) is 5.99. The zero-order valence-electron chi connectivity index (χ0n) is 30.0. The molecule has 0 saturated carbocycles. The van der Waals surface area contributed by atoms with Crippen LogP contribution in [0.4, 0.5) is 5.69 Å². The van der Waals surface area contributed by atoms with Crippen molar-refractivity contribution in [3.05, 3.63) is 123 Å². The zero-order chi connectivity index (χ0) is 39.6. The van der Waals surface area contributed by atoms with Crippen molar-refractivity contribution in [2.24, 2.45) is 0 Å². The van der Waals surface area contributed by atoms with Crippen molar-refractivity contribution in [1.82, 2.24) is 15.0 Å². The molecule has 0 bridgehead atoms. The van der Waals surface area contributed by atoms with Crippen LogP contribution in [0, 0.1) is 0 Å². The van der Waals surface area contributed by atoms with Gasteiger partial charge in [-0.1, -0.05) is 36.4 Å². The number of carbonyl (C=O) groups is 2. The average molecular weight is 870 g/mol. The van der Waals surface area contributed by atoms with E-state index < -0.39 is 7.12 Å². The van der Waals surface area contributed by atoms with Gasteiger partial charge in [0, 0.05) is 32.8 Å². The van der Waals surface area contributed by atoms with Gasteiger partial charge < -0.3 is 39.7 Å². The average Bonchev–Trinajstić information content (AvgIpc) is 3.63. The lowest BCUT2D eigenvalue weighted by atomic mass is 9.80. The van der Waals surface area contributed by atoms with Crippen LogP contribution in [-0.4, -0.2) is 72.5 Å². The van der Waals surface area contributed by atoms with E-state index >= 15 is 0 Å². The monoisotopic (exact) mass is 868 g/mol.